The molecule has 2 saturated heterocycles. The Labute approximate surface area is 135 Å². The molecule has 1 amide bonds. The van der Waals surface area contributed by atoms with Crippen LogP contribution in [0.1, 0.15) is 49.5 Å². The molecule has 0 bridgehead atoms. The van der Waals surface area contributed by atoms with Crippen molar-refractivity contribution in [1.29, 1.82) is 0 Å². The van der Waals surface area contributed by atoms with Crippen LogP contribution in [0.5, 0.6) is 0 Å². The van der Waals surface area contributed by atoms with Crippen molar-refractivity contribution in [2.75, 3.05) is 13.1 Å². The van der Waals surface area contributed by atoms with Crippen LogP contribution in [0.25, 0.3) is 0 Å². The molecular weight excluding hydrogens is 330 g/mol. The first kappa shape index (κ1) is 15.1. The lowest BCUT2D eigenvalue weighted by Gasteiger charge is -2.29. The Kier molecular flexibility index (Phi) is 4.69. The number of nitrogens with zero attached hydrogens (tertiary/aromatic N) is 2. The summed E-state index contributed by atoms with van der Waals surface area (Å²) in [5.41, 5.74) is 0.827. The van der Waals surface area contributed by atoms with Crippen LogP contribution in [0.15, 0.2) is 16.7 Å². The van der Waals surface area contributed by atoms with Gasteiger partial charge in [-0.05, 0) is 60.6 Å². The van der Waals surface area contributed by atoms with Gasteiger partial charge in [-0.25, -0.2) is 0 Å². The number of likely N-dealkylation sites (tertiary alicyclic amines) is 1. The van der Waals surface area contributed by atoms with E-state index in [1.165, 1.54) is 12.8 Å². The van der Waals surface area contributed by atoms with Crippen LogP contribution in [0.3, 0.4) is 0 Å². The van der Waals surface area contributed by atoms with Gasteiger partial charge in [0.1, 0.15) is 5.69 Å². The number of amides is 1. The molecule has 2 atom stereocenters. The fourth-order valence-electron chi connectivity index (χ4n) is 3.73. The van der Waals surface area contributed by atoms with E-state index in [2.05, 4.69) is 37.6 Å². The molecule has 1 N–H and O–H groups in total. The largest absolute Gasteiger partial charge is 0.342 e. The summed E-state index contributed by atoms with van der Waals surface area (Å²) in [7, 11) is 0. The van der Waals surface area contributed by atoms with Crippen LogP contribution >= 0.6 is 15.9 Å². The molecule has 0 aliphatic carbocycles. The maximum atomic E-state index is 13.0. The van der Waals surface area contributed by atoms with Gasteiger partial charge in [-0.15, -0.1) is 0 Å². The van der Waals surface area contributed by atoms with Crippen LogP contribution < -0.4 is 5.32 Å². The minimum absolute atomic E-state index is 0.199. The monoisotopic (exact) mass is 353 g/mol. The molecule has 4 nitrogen and oxygen atoms in total. The minimum atomic E-state index is 0.199. The molecule has 116 valence electrons. The van der Waals surface area contributed by atoms with Crippen molar-refractivity contribution < 1.29 is 4.79 Å². The number of carbonyl (C=O) groups excluding carboxylic acids is 1. The van der Waals surface area contributed by atoms with Crippen LogP contribution in [-0.2, 0) is 6.54 Å². The highest BCUT2D eigenvalue weighted by molar-refractivity contribution is 9.10. The fourth-order valence-corrected chi connectivity index (χ4v) is 4.19. The summed E-state index contributed by atoms with van der Waals surface area (Å²) in [6.07, 6.45) is 7.77. The molecule has 0 spiro atoms. The summed E-state index contributed by atoms with van der Waals surface area (Å²) in [4.78, 5) is 15.1. The van der Waals surface area contributed by atoms with Crippen molar-refractivity contribution in [2.24, 2.45) is 0 Å². The zero-order valence-electron chi connectivity index (χ0n) is 12.6. The molecule has 2 unspecified atom stereocenters. The van der Waals surface area contributed by atoms with Crippen molar-refractivity contribution in [3.63, 3.8) is 0 Å². The summed E-state index contributed by atoms with van der Waals surface area (Å²) in [5.74, 6) is 0.199. The van der Waals surface area contributed by atoms with E-state index < -0.39 is 0 Å². The SMILES string of the molecule is CCCn1cc(Br)cc1C(=O)N1CCCC1C1CCCN1. The van der Waals surface area contributed by atoms with Gasteiger partial charge in [0, 0.05) is 35.8 Å². The molecular formula is C16H24BrN3O. The van der Waals surface area contributed by atoms with E-state index in [1.54, 1.807) is 0 Å². The summed E-state index contributed by atoms with van der Waals surface area (Å²) < 4.78 is 3.08. The molecule has 5 heteroatoms. The number of aromatic nitrogens is 1. The summed E-state index contributed by atoms with van der Waals surface area (Å²) in [5, 5.41) is 3.57. The van der Waals surface area contributed by atoms with Crippen LogP contribution in [0, 0.1) is 0 Å². The highest BCUT2D eigenvalue weighted by Gasteiger charge is 2.36. The number of hydrogen-bond acceptors (Lipinski definition) is 2. The molecule has 1 aromatic heterocycles. The number of halogens is 1. The van der Waals surface area contributed by atoms with Crippen molar-refractivity contribution in [3.8, 4) is 0 Å². The molecule has 2 aliphatic heterocycles. The van der Waals surface area contributed by atoms with Crippen molar-refractivity contribution in [1.82, 2.24) is 14.8 Å². The van der Waals surface area contributed by atoms with Crippen LogP contribution in [0.4, 0.5) is 0 Å². The van der Waals surface area contributed by atoms with E-state index in [4.69, 9.17) is 0 Å². The molecule has 21 heavy (non-hydrogen) atoms. The zero-order valence-corrected chi connectivity index (χ0v) is 14.2. The normalized spacial score (nSPS) is 25.7. The topological polar surface area (TPSA) is 37.3 Å². The quantitative estimate of drug-likeness (QED) is 0.903. The fraction of sp³-hybridized carbons (Fsp3) is 0.688. The summed E-state index contributed by atoms with van der Waals surface area (Å²) in [6.45, 7) is 5.04. The van der Waals surface area contributed by atoms with E-state index >= 15 is 0 Å². The van der Waals surface area contributed by atoms with Gasteiger partial charge < -0.3 is 14.8 Å². The van der Waals surface area contributed by atoms with E-state index in [-0.39, 0.29) is 5.91 Å². The van der Waals surface area contributed by atoms with Gasteiger partial charge in [0.25, 0.3) is 5.91 Å². The predicted molar refractivity (Wildman–Crippen MR) is 87.5 cm³/mol. The number of carbonyl (C=O) groups is 1. The van der Waals surface area contributed by atoms with Crippen LogP contribution in [0.2, 0.25) is 0 Å². The Morgan fingerprint density at radius 1 is 1.43 bits per heavy atom. The first-order chi connectivity index (χ1) is 10.2. The third-order valence-electron chi connectivity index (χ3n) is 4.67. The molecule has 2 fully saturated rings. The molecule has 0 saturated carbocycles. The van der Waals surface area contributed by atoms with Crippen LogP contribution in [-0.4, -0.2) is 40.5 Å². The lowest BCUT2D eigenvalue weighted by molar-refractivity contribution is 0.0700. The van der Waals surface area contributed by atoms with Gasteiger partial charge in [-0.2, -0.15) is 0 Å². The number of hydrogen-bond donors (Lipinski definition) is 1. The van der Waals surface area contributed by atoms with Gasteiger partial charge in [-0.3, -0.25) is 4.79 Å². The van der Waals surface area contributed by atoms with E-state index in [0.717, 1.165) is 49.1 Å². The molecule has 0 aromatic carbocycles. The second-order valence-electron chi connectivity index (χ2n) is 6.15. The van der Waals surface area contributed by atoms with Crippen molar-refractivity contribution in [3.05, 3.63) is 22.4 Å². The van der Waals surface area contributed by atoms with Crippen molar-refractivity contribution >= 4 is 21.8 Å². The van der Waals surface area contributed by atoms with E-state index in [9.17, 15) is 4.79 Å². The molecule has 2 aliphatic rings. The third kappa shape index (κ3) is 3.04. The van der Waals surface area contributed by atoms with Crippen molar-refractivity contribution in [2.45, 2.75) is 57.7 Å². The minimum Gasteiger partial charge on any atom is -0.342 e. The Hall–Kier alpha value is -0.810. The average Bonchev–Trinajstić information content (AvgIpc) is 3.17. The Bertz CT molecular complexity index is 508. The number of nitrogens with one attached hydrogen (secondary N) is 1. The Morgan fingerprint density at radius 3 is 3.00 bits per heavy atom. The Morgan fingerprint density at radius 2 is 2.29 bits per heavy atom. The number of rotatable bonds is 4. The lowest BCUT2D eigenvalue weighted by Crippen LogP contribution is -2.47. The summed E-state index contributed by atoms with van der Waals surface area (Å²) in [6, 6.07) is 2.84. The molecule has 3 heterocycles. The highest BCUT2D eigenvalue weighted by Crippen LogP contribution is 2.27. The first-order valence-corrected chi connectivity index (χ1v) is 8.90. The summed E-state index contributed by atoms with van der Waals surface area (Å²) >= 11 is 3.51. The van der Waals surface area contributed by atoms with Gasteiger partial charge in [-0.1, -0.05) is 6.92 Å². The maximum Gasteiger partial charge on any atom is 0.270 e. The maximum absolute atomic E-state index is 13.0. The Balaban J connectivity index is 1.80. The van der Waals surface area contributed by atoms with E-state index in [1.807, 2.05) is 12.3 Å². The van der Waals surface area contributed by atoms with Gasteiger partial charge >= 0.3 is 0 Å². The number of aryl methyl sites for hydroxylation is 1. The zero-order chi connectivity index (χ0) is 14.8. The highest BCUT2D eigenvalue weighted by atomic mass is 79.9. The standard InChI is InChI=1S/C16H24BrN3O/c1-2-8-19-11-12(17)10-15(19)16(21)20-9-4-6-14(20)13-5-3-7-18-13/h10-11,13-14,18H,2-9H2,1H3. The lowest BCUT2D eigenvalue weighted by atomic mass is 10.0. The van der Waals surface area contributed by atoms with Gasteiger partial charge in [0.15, 0.2) is 0 Å². The second kappa shape index (κ2) is 6.53. The molecule has 3 rings (SSSR count). The predicted octanol–water partition coefficient (Wildman–Crippen LogP) is 3.02. The third-order valence-corrected chi connectivity index (χ3v) is 5.10. The first-order valence-electron chi connectivity index (χ1n) is 8.10. The average molecular weight is 354 g/mol. The van der Waals surface area contributed by atoms with Gasteiger partial charge in [0.2, 0.25) is 0 Å². The van der Waals surface area contributed by atoms with E-state index in [0.29, 0.717) is 12.1 Å². The van der Waals surface area contributed by atoms with Gasteiger partial charge in [0.05, 0.1) is 0 Å². The second-order valence-corrected chi connectivity index (χ2v) is 7.06. The molecule has 0 radical (unpaired) electrons. The molecule has 1 aromatic rings. The smallest absolute Gasteiger partial charge is 0.270 e.